The smallest absolute Gasteiger partial charge is 0.339 e. The number of carboxylic acids is 1. The van der Waals surface area contributed by atoms with Gasteiger partial charge in [-0.3, -0.25) is 4.98 Å². The number of nitrogens with one attached hydrogen (secondary N) is 1. The predicted molar refractivity (Wildman–Crippen MR) is 108 cm³/mol. The Morgan fingerprint density at radius 3 is 2.75 bits per heavy atom. The number of aromatic carboxylic acids is 1. The molecule has 0 bridgehead atoms. The molecule has 2 heterocycles. The highest BCUT2D eigenvalue weighted by Crippen LogP contribution is 2.37. The van der Waals surface area contributed by atoms with E-state index in [9.17, 15) is 15.0 Å². The number of aromatic hydroxyl groups is 1. The maximum Gasteiger partial charge on any atom is 0.339 e. The van der Waals surface area contributed by atoms with Crippen molar-refractivity contribution in [3.8, 4) is 5.75 Å². The minimum Gasteiger partial charge on any atom is -0.506 e. The van der Waals surface area contributed by atoms with E-state index in [1.807, 2.05) is 18.2 Å². The van der Waals surface area contributed by atoms with Crippen molar-refractivity contribution in [2.45, 2.75) is 0 Å². The van der Waals surface area contributed by atoms with Crippen LogP contribution in [0.2, 0.25) is 5.02 Å². The average molecular weight is 400 g/mol. The largest absolute Gasteiger partial charge is 0.506 e. The van der Waals surface area contributed by atoms with Gasteiger partial charge in [-0.25, -0.2) is 4.79 Å². The summed E-state index contributed by atoms with van der Waals surface area (Å²) >= 11 is 6.03. The number of anilines is 3. The van der Waals surface area contributed by atoms with Gasteiger partial charge in [0.25, 0.3) is 0 Å². The maximum atomic E-state index is 11.8. The second-order valence-corrected chi connectivity index (χ2v) is 6.85. The third-order valence-corrected chi connectivity index (χ3v) is 4.91. The van der Waals surface area contributed by atoms with Crippen molar-refractivity contribution in [2.24, 2.45) is 0 Å². The number of carboxylic acid groups (broad SMARTS) is 1. The highest BCUT2D eigenvalue weighted by molar-refractivity contribution is 6.31. The second-order valence-electron chi connectivity index (χ2n) is 6.41. The molecule has 2 aromatic carbocycles. The molecular weight excluding hydrogens is 382 g/mol. The van der Waals surface area contributed by atoms with E-state index < -0.39 is 5.97 Å². The molecule has 1 aliphatic heterocycles. The van der Waals surface area contributed by atoms with Crippen molar-refractivity contribution in [1.29, 1.82) is 0 Å². The fraction of sp³-hybridized carbons (Fsp3) is 0.200. The summed E-state index contributed by atoms with van der Waals surface area (Å²) in [6, 6.07) is 10.2. The molecule has 3 aromatic rings. The number of phenols is 1. The van der Waals surface area contributed by atoms with Crippen molar-refractivity contribution < 1.29 is 19.7 Å². The first kappa shape index (κ1) is 18.3. The molecule has 0 aliphatic carbocycles. The van der Waals surface area contributed by atoms with Crippen LogP contribution in [0.25, 0.3) is 10.9 Å². The van der Waals surface area contributed by atoms with Crippen molar-refractivity contribution in [3.05, 3.63) is 53.2 Å². The Balaban J connectivity index is 1.88. The van der Waals surface area contributed by atoms with Gasteiger partial charge in [0.2, 0.25) is 0 Å². The third-order valence-electron chi connectivity index (χ3n) is 4.68. The number of para-hydroxylation sites is 1. The van der Waals surface area contributed by atoms with Crippen LogP contribution in [0, 0.1) is 0 Å². The van der Waals surface area contributed by atoms with Crippen LogP contribution in [0.1, 0.15) is 10.4 Å². The summed E-state index contributed by atoms with van der Waals surface area (Å²) in [5.41, 5.74) is 2.27. The van der Waals surface area contributed by atoms with E-state index in [0.717, 1.165) is 18.8 Å². The Bertz CT molecular complexity index is 1050. The van der Waals surface area contributed by atoms with Crippen molar-refractivity contribution in [3.63, 3.8) is 0 Å². The zero-order valence-electron chi connectivity index (χ0n) is 14.9. The summed E-state index contributed by atoms with van der Waals surface area (Å²) in [6.07, 6.45) is 1.33. The molecule has 0 spiro atoms. The lowest BCUT2D eigenvalue weighted by Crippen LogP contribution is -2.36. The highest BCUT2D eigenvalue weighted by atomic mass is 35.5. The van der Waals surface area contributed by atoms with Gasteiger partial charge in [0.05, 0.1) is 35.8 Å². The molecule has 0 atom stereocenters. The Labute approximate surface area is 166 Å². The number of benzene rings is 2. The monoisotopic (exact) mass is 399 g/mol. The van der Waals surface area contributed by atoms with Crippen LogP contribution in [-0.2, 0) is 4.74 Å². The summed E-state index contributed by atoms with van der Waals surface area (Å²) in [7, 11) is 0. The van der Waals surface area contributed by atoms with Gasteiger partial charge in [-0.15, -0.1) is 0 Å². The zero-order valence-corrected chi connectivity index (χ0v) is 15.6. The van der Waals surface area contributed by atoms with Gasteiger partial charge in [0, 0.05) is 29.7 Å². The number of carbonyl (C=O) groups is 1. The van der Waals surface area contributed by atoms with E-state index in [2.05, 4.69) is 15.2 Å². The number of hydrogen-bond acceptors (Lipinski definition) is 6. The minimum absolute atomic E-state index is 0.00556. The van der Waals surface area contributed by atoms with E-state index >= 15 is 0 Å². The number of nitrogens with zero attached hydrogens (tertiary/aromatic N) is 2. The SMILES string of the molecule is O=C(O)c1cnc2c(N3CCOCC3)cccc2c1Nc1cc(Cl)ccc1O. The van der Waals surface area contributed by atoms with Crippen LogP contribution < -0.4 is 10.2 Å². The molecule has 0 saturated carbocycles. The van der Waals surface area contributed by atoms with Crippen molar-refractivity contribution in [2.75, 3.05) is 36.5 Å². The molecule has 3 N–H and O–H groups in total. The maximum absolute atomic E-state index is 11.8. The molecule has 4 rings (SSSR count). The number of ether oxygens (including phenoxy) is 1. The number of morpholine rings is 1. The third kappa shape index (κ3) is 3.42. The zero-order chi connectivity index (χ0) is 19.7. The lowest BCUT2D eigenvalue weighted by Gasteiger charge is -2.29. The first-order valence-electron chi connectivity index (χ1n) is 8.78. The van der Waals surface area contributed by atoms with E-state index in [1.54, 1.807) is 12.1 Å². The molecule has 0 unspecified atom stereocenters. The summed E-state index contributed by atoms with van der Waals surface area (Å²) in [6.45, 7) is 2.73. The van der Waals surface area contributed by atoms with Gasteiger partial charge in [0.15, 0.2) is 0 Å². The van der Waals surface area contributed by atoms with Crippen molar-refractivity contribution >= 4 is 45.5 Å². The number of aromatic nitrogens is 1. The number of phenolic OH excluding ortho intramolecular Hbond substituents is 1. The van der Waals surface area contributed by atoms with Gasteiger partial charge in [-0.2, -0.15) is 0 Å². The fourth-order valence-corrected chi connectivity index (χ4v) is 3.48. The number of hydrogen-bond donors (Lipinski definition) is 3. The molecule has 0 amide bonds. The normalized spacial score (nSPS) is 14.2. The molecule has 7 nitrogen and oxygen atoms in total. The lowest BCUT2D eigenvalue weighted by atomic mass is 10.1. The van der Waals surface area contributed by atoms with Gasteiger partial charge in [-0.05, 0) is 24.3 Å². The molecule has 1 fully saturated rings. The molecular formula is C20H18ClN3O4. The quantitative estimate of drug-likeness (QED) is 0.573. The summed E-state index contributed by atoms with van der Waals surface area (Å²) in [5.74, 6) is -1.15. The number of fused-ring (bicyclic) bond motifs is 1. The van der Waals surface area contributed by atoms with Crippen LogP contribution >= 0.6 is 11.6 Å². The minimum atomic E-state index is -1.12. The van der Waals surface area contributed by atoms with Crippen LogP contribution in [0.15, 0.2) is 42.6 Å². The predicted octanol–water partition coefficient (Wildman–Crippen LogP) is 3.87. The molecule has 8 heteroatoms. The molecule has 1 aromatic heterocycles. The fourth-order valence-electron chi connectivity index (χ4n) is 3.31. The van der Waals surface area contributed by atoms with E-state index in [0.29, 0.717) is 40.5 Å². The molecule has 1 saturated heterocycles. The van der Waals surface area contributed by atoms with Crippen LogP contribution in [-0.4, -0.2) is 47.5 Å². The Hall–Kier alpha value is -3.03. The van der Waals surface area contributed by atoms with E-state index in [-0.39, 0.29) is 11.3 Å². The lowest BCUT2D eigenvalue weighted by molar-refractivity contribution is 0.0697. The van der Waals surface area contributed by atoms with Gasteiger partial charge in [-0.1, -0.05) is 23.7 Å². The van der Waals surface area contributed by atoms with E-state index in [4.69, 9.17) is 16.3 Å². The Morgan fingerprint density at radius 2 is 2.00 bits per heavy atom. The first-order chi connectivity index (χ1) is 13.5. The van der Waals surface area contributed by atoms with Crippen LogP contribution in [0.5, 0.6) is 5.75 Å². The molecule has 0 radical (unpaired) electrons. The number of pyridine rings is 1. The van der Waals surface area contributed by atoms with Gasteiger partial charge < -0.3 is 25.2 Å². The van der Waals surface area contributed by atoms with Crippen LogP contribution in [0.4, 0.5) is 17.1 Å². The highest BCUT2D eigenvalue weighted by Gasteiger charge is 2.20. The standard InChI is InChI=1S/C20H18ClN3O4/c21-12-4-5-17(25)15(10-12)23-18-13-2-1-3-16(24-6-8-28-9-7-24)19(13)22-11-14(18)20(26)27/h1-5,10-11,25H,6-9H2,(H,22,23)(H,26,27). The summed E-state index contributed by atoms with van der Waals surface area (Å²) in [5, 5.41) is 23.9. The molecule has 144 valence electrons. The Morgan fingerprint density at radius 1 is 1.21 bits per heavy atom. The molecule has 28 heavy (non-hydrogen) atoms. The van der Waals surface area contributed by atoms with E-state index in [1.165, 1.54) is 12.3 Å². The first-order valence-corrected chi connectivity index (χ1v) is 9.15. The topological polar surface area (TPSA) is 94.9 Å². The Kier molecular flexibility index (Phi) is 4.93. The van der Waals surface area contributed by atoms with Crippen molar-refractivity contribution in [1.82, 2.24) is 4.98 Å². The molecule has 1 aliphatic rings. The van der Waals surface area contributed by atoms with Crippen LogP contribution in [0.3, 0.4) is 0 Å². The number of halogens is 1. The second kappa shape index (κ2) is 7.53. The number of rotatable bonds is 4. The van der Waals surface area contributed by atoms with Gasteiger partial charge >= 0.3 is 5.97 Å². The average Bonchev–Trinajstić information content (AvgIpc) is 2.71. The summed E-state index contributed by atoms with van der Waals surface area (Å²) < 4.78 is 5.42. The van der Waals surface area contributed by atoms with Gasteiger partial charge in [0.1, 0.15) is 11.3 Å². The summed E-state index contributed by atoms with van der Waals surface area (Å²) in [4.78, 5) is 18.4.